The van der Waals surface area contributed by atoms with Gasteiger partial charge in [-0.3, -0.25) is 9.59 Å². The normalized spacial score (nSPS) is 11.0. The lowest BCUT2D eigenvalue weighted by Crippen LogP contribution is -2.28. The first-order valence-electron chi connectivity index (χ1n) is 8.52. The minimum Gasteiger partial charge on any atom is -0.352 e. The number of rotatable bonds is 5. The molecule has 0 aromatic heterocycles. The summed E-state index contributed by atoms with van der Waals surface area (Å²) in [6.45, 7) is 8.53. The fraction of sp³-hybridized carbons (Fsp3) is 0.333. The van der Waals surface area contributed by atoms with Crippen molar-refractivity contribution in [3.05, 3.63) is 65.2 Å². The Morgan fingerprint density at radius 1 is 0.960 bits per heavy atom. The number of para-hydroxylation sites is 1. The molecule has 25 heavy (non-hydrogen) atoms. The second-order valence-corrected chi connectivity index (χ2v) is 7.16. The predicted molar refractivity (Wildman–Crippen MR) is 102 cm³/mol. The third kappa shape index (κ3) is 5.18. The van der Waals surface area contributed by atoms with E-state index in [0.29, 0.717) is 12.1 Å². The van der Waals surface area contributed by atoms with Gasteiger partial charge in [-0.15, -0.1) is 0 Å². The van der Waals surface area contributed by atoms with Crippen LogP contribution in [0.15, 0.2) is 48.5 Å². The van der Waals surface area contributed by atoms with E-state index in [1.807, 2.05) is 49.4 Å². The van der Waals surface area contributed by atoms with Gasteiger partial charge in [0.2, 0.25) is 5.91 Å². The maximum Gasteiger partial charge on any atom is 0.251 e. The number of benzene rings is 2. The number of hydrogen-bond donors (Lipinski definition) is 2. The van der Waals surface area contributed by atoms with Crippen molar-refractivity contribution in [2.24, 2.45) is 0 Å². The number of hydrogen-bond acceptors (Lipinski definition) is 2. The summed E-state index contributed by atoms with van der Waals surface area (Å²) in [5, 5.41) is 5.75. The molecule has 2 amide bonds. The van der Waals surface area contributed by atoms with Crippen LogP contribution in [0, 0.1) is 6.92 Å². The highest BCUT2D eigenvalue weighted by Gasteiger charge is 2.18. The lowest BCUT2D eigenvalue weighted by Gasteiger charge is -2.23. The largest absolute Gasteiger partial charge is 0.352 e. The van der Waals surface area contributed by atoms with E-state index in [4.69, 9.17) is 0 Å². The Hall–Kier alpha value is -2.62. The van der Waals surface area contributed by atoms with E-state index in [2.05, 4.69) is 31.4 Å². The Labute approximate surface area is 149 Å². The quantitative estimate of drug-likeness (QED) is 0.864. The van der Waals surface area contributed by atoms with Gasteiger partial charge in [0, 0.05) is 24.2 Å². The zero-order valence-electron chi connectivity index (χ0n) is 15.3. The second-order valence-electron chi connectivity index (χ2n) is 7.16. The van der Waals surface area contributed by atoms with Crippen LogP contribution in [0.4, 0.5) is 5.69 Å². The zero-order chi connectivity index (χ0) is 18.4. The SMILES string of the molecule is Cc1ccccc1C(=O)NCCC(=O)Nc1ccccc1C(C)(C)C. The van der Waals surface area contributed by atoms with Crippen molar-refractivity contribution >= 4 is 17.5 Å². The van der Waals surface area contributed by atoms with Gasteiger partial charge >= 0.3 is 0 Å². The molecule has 2 N–H and O–H groups in total. The van der Waals surface area contributed by atoms with E-state index < -0.39 is 0 Å². The lowest BCUT2D eigenvalue weighted by molar-refractivity contribution is -0.116. The maximum absolute atomic E-state index is 12.2. The first-order chi connectivity index (χ1) is 11.8. The van der Waals surface area contributed by atoms with Crippen molar-refractivity contribution in [1.82, 2.24) is 5.32 Å². The second kappa shape index (κ2) is 7.97. The standard InChI is InChI=1S/C21H26N2O2/c1-15-9-5-6-10-16(15)20(25)22-14-13-19(24)23-18-12-8-7-11-17(18)21(2,3)4/h5-12H,13-14H2,1-4H3,(H,22,25)(H,23,24). The molecule has 0 aliphatic heterocycles. The predicted octanol–water partition coefficient (Wildman–Crippen LogP) is 4.05. The van der Waals surface area contributed by atoms with Crippen LogP contribution >= 0.6 is 0 Å². The van der Waals surface area contributed by atoms with Crippen LogP contribution in [-0.4, -0.2) is 18.4 Å². The average molecular weight is 338 g/mol. The highest BCUT2D eigenvalue weighted by Crippen LogP contribution is 2.29. The van der Waals surface area contributed by atoms with E-state index in [0.717, 1.165) is 16.8 Å². The average Bonchev–Trinajstić information content (AvgIpc) is 2.54. The van der Waals surface area contributed by atoms with Crippen LogP contribution in [0.25, 0.3) is 0 Å². The van der Waals surface area contributed by atoms with Crippen LogP contribution in [0.1, 0.15) is 48.7 Å². The van der Waals surface area contributed by atoms with E-state index in [-0.39, 0.29) is 23.7 Å². The van der Waals surface area contributed by atoms with Gasteiger partial charge in [0.25, 0.3) is 5.91 Å². The number of amides is 2. The summed E-state index contributed by atoms with van der Waals surface area (Å²) in [5.74, 6) is -0.261. The lowest BCUT2D eigenvalue weighted by atomic mass is 9.86. The Morgan fingerprint density at radius 3 is 2.28 bits per heavy atom. The van der Waals surface area contributed by atoms with Crippen molar-refractivity contribution < 1.29 is 9.59 Å². The van der Waals surface area contributed by atoms with Crippen LogP contribution < -0.4 is 10.6 Å². The molecule has 0 unspecified atom stereocenters. The number of carbonyl (C=O) groups is 2. The highest BCUT2D eigenvalue weighted by molar-refractivity contribution is 5.96. The van der Waals surface area contributed by atoms with Crippen LogP contribution in [0.2, 0.25) is 0 Å². The van der Waals surface area contributed by atoms with E-state index in [1.54, 1.807) is 6.07 Å². The van der Waals surface area contributed by atoms with Gasteiger partial charge in [-0.25, -0.2) is 0 Å². The van der Waals surface area contributed by atoms with E-state index >= 15 is 0 Å². The number of nitrogens with one attached hydrogen (secondary N) is 2. The summed E-state index contributed by atoms with van der Waals surface area (Å²) in [4.78, 5) is 24.4. The molecule has 0 fully saturated rings. The Balaban J connectivity index is 1.90. The van der Waals surface area contributed by atoms with Gasteiger partial charge in [0.1, 0.15) is 0 Å². The third-order valence-corrected chi connectivity index (χ3v) is 4.04. The van der Waals surface area contributed by atoms with Gasteiger partial charge in [-0.05, 0) is 35.6 Å². The zero-order valence-corrected chi connectivity index (χ0v) is 15.3. The van der Waals surface area contributed by atoms with Gasteiger partial charge in [-0.1, -0.05) is 57.2 Å². The number of carbonyl (C=O) groups excluding carboxylic acids is 2. The molecular formula is C21H26N2O2. The molecule has 4 nitrogen and oxygen atoms in total. The number of aryl methyl sites for hydroxylation is 1. The molecule has 0 saturated carbocycles. The van der Waals surface area contributed by atoms with E-state index in [9.17, 15) is 9.59 Å². The molecule has 0 saturated heterocycles. The monoisotopic (exact) mass is 338 g/mol. The third-order valence-electron chi connectivity index (χ3n) is 4.04. The molecule has 2 aromatic rings. The molecule has 0 aliphatic carbocycles. The first kappa shape index (κ1) is 18.7. The summed E-state index contributed by atoms with van der Waals surface area (Å²) >= 11 is 0. The van der Waals surface area contributed by atoms with Crippen LogP contribution in [-0.2, 0) is 10.2 Å². The van der Waals surface area contributed by atoms with Crippen molar-refractivity contribution in [1.29, 1.82) is 0 Å². The highest BCUT2D eigenvalue weighted by atomic mass is 16.2. The molecule has 0 radical (unpaired) electrons. The van der Waals surface area contributed by atoms with Gasteiger partial charge in [0.05, 0.1) is 0 Å². The van der Waals surface area contributed by atoms with Gasteiger partial charge in [0.15, 0.2) is 0 Å². The van der Waals surface area contributed by atoms with Gasteiger partial charge < -0.3 is 10.6 Å². The Morgan fingerprint density at radius 2 is 1.60 bits per heavy atom. The fourth-order valence-corrected chi connectivity index (χ4v) is 2.67. The minimum absolute atomic E-state index is 0.0527. The minimum atomic E-state index is -0.152. The smallest absolute Gasteiger partial charge is 0.251 e. The molecule has 0 bridgehead atoms. The summed E-state index contributed by atoms with van der Waals surface area (Å²) in [5.41, 5.74) is 3.42. The van der Waals surface area contributed by atoms with Crippen molar-refractivity contribution in [2.45, 2.75) is 39.5 Å². The summed E-state index contributed by atoms with van der Waals surface area (Å²) in [7, 11) is 0. The van der Waals surface area contributed by atoms with E-state index in [1.165, 1.54) is 0 Å². The number of anilines is 1. The molecule has 2 rings (SSSR count). The Bertz CT molecular complexity index is 760. The molecular weight excluding hydrogens is 312 g/mol. The maximum atomic E-state index is 12.2. The molecule has 4 heteroatoms. The van der Waals surface area contributed by atoms with Crippen molar-refractivity contribution in [2.75, 3.05) is 11.9 Å². The fourth-order valence-electron chi connectivity index (χ4n) is 2.67. The molecule has 2 aromatic carbocycles. The summed E-state index contributed by atoms with van der Waals surface area (Å²) in [6, 6.07) is 15.2. The summed E-state index contributed by atoms with van der Waals surface area (Å²) in [6.07, 6.45) is 0.232. The van der Waals surface area contributed by atoms with Crippen LogP contribution in [0.5, 0.6) is 0 Å². The molecule has 0 spiro atoms. The van der Waals surface area contributed by atoms with Crippen molar-refractivity contribution in [3.63, 3.8) is 0 Å². The summed E-state index contributed by atoms with van der Waals surface area (Å²) < 4.78 is 0. The molecule has 0 heterocycles. The first-order valence-corrected chi connectivity index (χ1v) is 8.52. The Kier molecular flexibility index (Phi) is 5.97. The van der Waals surface area contributed by atoms with Crippen molar-refractivity contribution in [3.8, 4) is 0 Å². The molecule has 0 aliphatic rings. The molecule has 0 atom stereocenters. The van der Waals surface area contributed by atoms with Crippen LogP contribution in [0.3, 0.4) is 0 Å². The molecule has 132 valence electrons. The van der Waals surface area contributed by atoms with Gasteiger partial charge in [-0.2, -0.15) is 0 Å². The topological polar surface area (TPSA) is 58.2 Å².